The lowest BCUT2D eigenvalue weighted by Crippen LogP contribution is -2.24. The molecule has 0 saturated carbocycles. The number of carbonyl (C=O) groups excluding carboxylic acids is 1. The molecule has 0 aliphatic carbocycles. The van der Waals surface area contributed by atoms with Crippen LogP contribution >= 0.6 is 0 Å². The molecule has 0 fully saturated rings. The number of pyridine rings is 1. The maximum absolute atomic E-state index is 12.1. The number of furan rings is 1. The highest BCUT2D eigenvalue weighted by Gasteiger charge is 2.11. The number of hydrogen-bond acceptors (Lipinski definition) is 4. The Morgan fingerprint density at radius 3 is 2.89 bits per heavy atom. The number of carbonyl (C=O) groups is 1. The number of hydrogen-bond donors (Lipinski definition) is 2. The third kappa shape index (κ3) is 3.34. The van der Waals surface area contributed by atoms with Gasteiger partial charge in [-0.3, -0.25) is 9.78 Å². The van der Waals surface area contributed by atoms with Gasteiger partial charge in [-0.1, -0.05) is 0 Å². The molecule has 0 saturated heterocycles. The van der Waals surface area contributed by atoms with Gasteiger partial charge in [0.2, 0.25) is 0 Å². The van der Waals surface area contributed by atoms with Crippen LogP contribution in [0.2, 0.25) is 0 Å². The average molecular weight is 259 g/mol. The molecule has 2 aromatic heterocycles. The highest BCUT2D eigenvalue weighted by Crippen LogP contribution is 2.13. The molecule has 0 aliphatic rings. The van der Waals surface area contributed by atoms with Crippen LogP contribution in [0.3, 0.4) is 0 Å². The van der Waals surface area contributed by atoms with Crippen LogP contribution in [0.25, 0.3) is 0 Å². The van der Waals surface area contributed by atoms with E-state index in [-0.39, 0.29) is 5.91 Å². The fraction of sp³-hybridized carbons (Fsp3) is 0.286. The second-order valence-corrected chi connectivity index (χ2v) is 4.15. The molecule has 2 aromatic rings. The number of aryl methyl sites for hydroxylation is 1. The van der Waals surface area contributed by atoms with E-state index in [9.17, 15) is 4.79 Å². The van der Waals surface area contributed by atoms with E-state index in [0.717, 1.165) is 23.8 Å². The van der Waals surface area contributed by atoms with E-state index in [4.69, 9.17) is 4.42 Å². The summed E-state index contributed by atoms with van der Waals surface area (Å²) in [4.78, 5) is 16.1. The molecule has 0 unspecified atom stereocenters. The van der Waals surface area contributed by atoms with Crippen LogP contribution in [-0.4, -0.2) is 17.4 Å². The molecule has 2 rings (SSSR count). The highest BCUT2D eigenvalue weighted by molar-refractivity contribution is 5.99. The van der Waals surface area contributed by atoms with Crippen LogP contribution in [0.4, 0.5) is 5.69 Å². The lowest BCUT2D eigenvalue weighted by Gasteiger charge is -2.09. The van der Waals surface area contributed by atoms with Gasteiger partial charge in [-0.05, 0) is 32.0 Å². The normalized spacial score (nSPS) is 10.2. The summed E-state index contributed by atoms with van der Waals surface area (Å²) in [6.07, 6.45) is 3.21. The molecule has 1 amide bonds. The van der Waals surface area contributed by atoms with Gasteiger partial charge in [0, 0.05) is 18.9 Å². The molecular weight excluding hydrogens is 242 g/mol. The standard InChI is InChI=1S/C14H17N3O2/c1-3-16-13-6-7-15-9-12(13)14(18)17-8-11-5-4-10(2)19-11/h4-7,9H,3,8H2,1-2H3,(H,15,16)(H,17,18). The van der Waals surface area contributed by atoms with Crippen molar-refractivity contribution in [1.82, 2.24) is 10.3 Å². The topological polar surface area (TPSA) is 67.2 Å². The Kier molecular flexibility index (Phi) is 4.18. The maximum Gasteiger partial charge on any atom is 0.255 e. The summed E-state index contributed by atoms with van der Waals surface area (Å²) >= 11 is 0. The van der Waals surface area contributed by atoms with Gasteiger partial charge in [0.1, 0.15) is 11.5 Å². The fourth-order valence-corrected chi connectivity index (χ4v) is 1.76. The maximum atomic E-state index is 12.1. The molecule has 0 bridgehead atoms. The van der Waals surface area contributed by atoms with Gasteiger partial charge in [0.05, 0.1) is 17.8 Å². The van der Waals surface area contributed by atoms with Gasteiger partial charge in [0.15, 0.2) is 0 Å². The molecule has 5 nitrogen and oxygen atoms in total. The molecule has 0 aromatic carbocycles. The Morgan fingerprint density at radius 2 is 2.21 bits per heavy atom. The Morgan fingerprint density at radius 1 is 1.37 bits per heavy atom. The first kappa shape index (κ1) is 13.1. The zero-order valence-corrected chi connectivity index (χ0v) is 11.1. The second kappa shape index (κ2) is 6.04. The lowest BCUT2D eigenvalue weighted by atomic mass is 10.2. The molecule has 2 heterocycles. The Balaban J connectivity index is 2.03. The molecular formula is C14H17N3O2. The lowest BCUT2D eigenvalue weighted by molar-refractivity contribution is 0.0948. The first-order valence-corrected chi connectivity index (χ1v) is 6.22. The summed E-state index contributed by atoms with van der Waals surface area (Å²) in [6.45, 7) is 4.97. The number of amides is 1. The van der Waals surface area contributed by atoms with E-state index < -0.39 is 0 Å². The number of nitrogens with zero attached hydrogens (tertiary/aromatic N) is 1. The van der Waals surface area contributed by atoms with Crippen molar-refractivity contribution in [2.75, 3.05) is 11.9 Å². The summed E-state index contributed by atoms with van der Waals surface area (Å²) in [6, 6.07) is 5.51. The zero-order valence-electron chi connectivity index (χ0n) is 11.1. The first-order valence-electron chi connectivity index (χ1n) is 6.22. The van der Waals surface area contributed by atoms with Gasteiger partial charge in [-0.2, -0.15) is 0 Å². The van der Waals surface area contributed by atoms with Gasteiger partial charge < -0.3 is 15.1 Å². The highest BCUT2D eigenvalue weighted by atomic mass is 16.3. The summed E-state index contributed by atoms with van der Waals surface area (Å²) < 4.78 is 5.40. The fourth-order valence-electron chi connectivity index (χ4n) is 1.76. The van der Waals surface area contributed by atoms with Crippen molar-refractivity contribution in [3.8, 4) is 0 Å². The zero-order chi connectivity index (χ0) is 13.7. The van der Waals surface area contributed by atoms with Gasteiger partial charge >= 0.3 is 0 Å². The SMILES string of the molecule is CCNc1ccncc1C(=O)NCc1ccc(C)o1. The van der Waals surface area contributed by atoms with Crippen molar-refractivity contribution < 1.29 is 9.21 Å². The van der Waals surface area contributed by atoms with Crippen molar-refractivity contribution in [1.29, 1.82) is 0 Å². The van der Waals surface area contributed by atoms with E-state index in [1.54, 1.807) is 18.5 Å². The predicted molar refractivity (Wildman–Crippen MR) is 73.0 cm³/mol. The minimum Gasteiger partial charge on any atom is -0.465 e. The van der Waals surface area contributed by atoms with Crippen LogP contribution < -0.4 is 10.6 Å². The number of anilines is 1. The van der Waals surface area contributed by atoms with E-state index in [0.29, 0.717) is 12.1 Å². The third-order valence-corrected chi connectivity index (χ3v) is 2.65. The van der Waals surface area contributed by atoms with Gasteiger partial charge in [0.25, 0.3) is 5.91 Å². The van der Waals surface area contributed by atoms with E-state index in [1.807, 2.05) is 26.0 Å². The Labute approximate surface area is 112 Å². The predicted octanol–water partition coefficient (Wildman–Crippen LogP) is 2.34. The van der Waals surface area contributed by atoms with Crippen LogP contribution in [0, 0.1) is 6.92 Å². The number of nitrogens with one attached hydrogen (secondary N) is 2. The summed E-state index contributed by atoms with van der Waals surface area (Å²) in [5.41, 5.74) is 1.32. The first-order chi connectivity index (χ1) is 9.20. The molecule has 5 heteroatoms. The summed E-state index contributed by atoms with van der Waals surface area (Å²) in [7, 11) is 0. The summed E-state index contributed by atoms with van der Waals surface area (Å²) in [5.74, 6) is 1.40. The van der Waals surface area contributed by atoms with Crippen LogP contribution in [0.5, 0.6) is 0 Å². The minimum absolute atomic E-state index is 0.168. The van der Waals surface area contributed by atoms with E-state index in [2.05, 4.69) is 15.6 Å². The average Bonchev–Trinajstić information content (AvgIpc) is 2.83. The van der Waals surface area contributed by atoms with Crippen molar-refractivity contribution in [2.24, 2.45) is 0 Å². The number of rotatable bonds is 5. The van der Waals surface area contributed by atoms with Crippen LogP contribution in [0.1, 0.15) is 28.8 Å². The van der Waals surface area contributed by atoms with Crippen molar-refractivity contribution in [3.05, 3.63) is 47.7 Å². The monoisotopic (exact) mass is 259 g/mol. The third-order valence-electron chi connectivity index (χ3n) is 2.65. The molecule has 19 heavy (non-hydrogen) atoms. The Bertz CT molecular complexity index is 563. The van der Waals surface area contributed by atoms with Gasteiger partial charge in [-0.15, -0.1) is 0 Å². The second-order valence-electron chi connectivity index (χ2n) is 4.15. The number of aromatic nitrogens is 1. The largest absolute Gasteiger partial charge is 0.465 e. The van der Waals surface area contributed by atoms with Crippen molar-refractivity contribution in [3.63, 3.8) is 0 Å². The quantitative estimate of drug-likeness (QED) is 0.865. The molecule has 0 aliphatic heterocycles. The van der Waals surface area contributed by atoms with Crippen LogP contribution in [0.15, 0.2) is 35.0 Å². The molecule has 0 radical (unpaired) electrons. The molecule has 2 N–H and O–H groups in total. The van der Waals surface area contributed by atoms with Crippen molar-refractivity contribution in [2.45, 2.75) is 20.4 Å². The molecule has 0 atom stereocenters. The molecule has 100 valence electrons. The summed E-state index contributed by atoms with van der Waals surface area (Å²) in [5, 5.41) is 5.95. The van der Waals surface area contributed by atoms with Crippen LogP contribution in [-0.2, 0) is 6.54 Å². The molecule has 0 spiro atoms. The Hall–Kier alpha value is -2.30. The smallest absolute Gasteiger partial charge is 0.255 e. The van der Waals surface area contributed by atoms with Crippen molar-refractivity contribution >= 4 is 11.6 Å². The minimum atomic E-state index is -0.168. The van der Waals surface area contributed by atoms with E-state index >= 15 is 0 Å². The van der Waals surface area contributed by atoms with E-state index in [1.165, 1.54) is 0 Å². The van der Waals surface area contributed by atoms with Gasteiger partial charge in [-0.25, -0.2) is 0 Å².